The van der Waals surface area contributed by atoms with E-state index in [0.717, 1.165) is 75.1 Å². The van der Waals surface area contributed by atoms with Gasteiger partial charge in [0.2, 0.25) is 0 Å². The maximum atomic E-state index is 12.0. The number of Topliss-reactive ketones (excluding diaryl/α,β-unsaturated/α-hetero) is 2. The van der Waals surface area contributed by atoms with Gasteiger partial charge in [0.25, 0.3) is 0 Å². The molecule has 2 N–H and O–H groups in total. The third-order valence-corrected chi connectivity index (χ3v) is 10.4. The van der Waals surface area contributed by atoms with Gasteiger partial charge in [0.05, 0.1) is 11.2 Å². The van der Waals surface area contributed by atoms with Gasteiger partial charge in [-0.15, -0.1) is 0 Å². The Morgan fingerprint density at radius 1 is 0.571 bits per heavy atom. The summed E-state index contributed by atoms with van der Waals surface area (Å²) in [4.78, 5) is 28.7. The molecule has 6 rings (SSSR count). The Kier molecular flexibility index (Phi) is 16.1. The molecule has 0 unspecified atom stereocenters. The van der Waals surface area contributed by atoms with Crippen LogP contribution in [-0.2, 0) is 37.9 Å². The molecular weight excluding hydrogens is 699 g/mol. The third kappa shape index (κ3) is 11.9. The van der Waals surface area contributed by atoms with E-state index in [1.54, 1.807) is 0 Å². The van der Waals surface area contributed by atoms with Gasteiger partial charge in [0, 0.05) is 78.0 Å². The van der Waals surface area contributed by atoms with Crippen molar-refractivity contribution in [2.75, 3.05) is 39.3 Å². The van der Waals surface area contributed by atoms with Crippen molar-refractivity contribution < 1.29 is 36.9 Å². The molecule has 0 atom stereocenters. The largest absolute Gasteiger partial charge is 0.385 e. The Hall–Kier alpha value is -1.28. The fourth-order valence-electron chi connectivity index (χ4n) is 6.73. The molecule has 0 aromatic heterocycles. The minimum Gasteiger partial charge on any atom is -0.385 e. The fraction of sp³-hybridized carbons (Fsp3) is 0.400. The summed E-state index contributed by atoms with van der Waals surface area (Å²) in [5.41, 5.74) is 0.370. The summed E-state index contributed by atoms with van der Waals surface area (Å²) >= 11 is 11.8. The number of aliphatic hydroxyl groups is 2. The number of benzene rings is 2. The molecule has 2 saturated heterocycles. The standard InChI is InChI=1S/2C20H23ClNO2.Fe/c2*21-18-9-7-17(8-10-18)20(24)11-14-22(15-12-20)13-3-6-19(23)16-4-1-2-5-16;/h2*1-2,4-5,7-10,24H,3,6,11-15H2;. The molecular formula is C40H46Cl2FeN2O4. The van der Waals surface area contributed by atoms with Crippen molar-refractivity contribution in [3.05, 3.63) is 133 Å². The summed E-state index contributed by atoms with van der Waals surface area (Å²) < 4.78 is 0. The zero-order valence-electron chi connectivity index (χ0n) is 27.9. The number of ketones is 2. The minimum absolute atomic E-state index is 0. The van der Waals surface area contributed by atoms with E-state index in [4.69, 9.17) is 23.2 Å². The third-order valence-electron chi connectivity index (χ3n) is 9.86. The van der Waals surface area contributed by atoms with Crippen molar-refractivity contribution >= 4 is 34.8 Å². The normalized spacial score (nSPS) is 21.5. The predicted octanol–water partition coefficient (Wildman–Crippen LogP) is 6.75. The van der Waals surface area contributed by atoms with Gasteiger partial charge in [-0.1, -0.05) is 47.5 Å². The summed E-state index contributed by atoms with van der Waals surface area (Å²) in [7, 11) is 0. The molecule has 2 saturated carbocycles. The first kappa shape index (κ1) is 40.5. The van der Waals surface area contributed by atoms with Crippen LogP contribution in [0.3, 0.4) is 0 Å². The molecule has 2 aromatic carbocycles. The minimum atomic E-state index is -0.758. The van der Waals surface area contributed by atoms with E-state index >= 15 is 0 Å². The zero-order chi connectivity index (χ0) is 34.0. The SMILES string of the molecule is O=C(CCCN1CCC(O)(c2ccc(Cl)cc2)CC1)[C]1[CH][CH][CH][CH]1.O=C(CCCN1CCC(O)(c2ccc(Cl)cc2)CC1)[C]1[CH][CH][CH][CH]1.[Fe]. The van der Waals surface area contributed by atoms with Gasteiger partial charge in [-0.05, 0) is 138 Å². The van der Waals surface area contributed by atoms with Gasteiger partial charge in [0.15, 0.2) is 0 Å². The van der Waals surface area contributed by atoms with Crippen LogP contribution in [0.1, 0.15) is 62.5 Å². The molecule has 2 heterocycles. The van der Waals surface area contributed by atoms with E-state index in [-0.39, 0.29) is 28.6 Å². The van der Waals surface area contributed by atoms with Crippen LogP contribution in [0.25, 0.3) is 0 Å². The fourth-order valence-corrected chi connectivity index (χ4v) is 6.98. The van der Waals surface area contributed by atoms with Crippen molar-refractivity contribution in [1.82, 2.24) is 9.80 Å². The van der Waals surface area contributed by atoms with Gasteiger partial charge in [-0.25, -0.2) is 0 Å². The summed E-state index contributed by atoms with van der Waals surface area (Å²) in [6.45, 7) is 5.22. The van der Waals surface area contributed by atoms with E-state index in [0.29, 0.717) is 48.6 Å². The van der Waals surface area contributed by atoms with Crippen molar-refractivity contribution in [3.63, 3.8) is 0 Å². The zero-order valence-corrected chi connectivity index (χ0v) is 30.5. The Balaban J connectivity index is 0.000000216. The second-order valence-electron chi connectivity index (χ2n) is 13.2. The molecule has 2 aromatic rings. The first-order valence-electron chi connectivity index (χ1n) is 17.0. The van der Waals surface area contributed by atoms with Gasteiger partial charge in [-0.2, -0.15) is 0 Å². The second-order valence-corrected chi connectivity index (χ2v) is 14.0. The van der Waals surface area contributed by atoms with Crippen molar-refractivity contribution in [2.45, 2.75) is 62.6 Å². The second kappa shape index (κ2) is 19.5. The van der Waals surface area contributed by atoms with E-state index in [1.165, 1.54) is 0 Å². The van der Waals surface area contributed by atoms with Crippen molar-refractivity contribution in [1.29, 1.82) is 0 Å². The molecule has 2 aliphatic heterocycles. The summed E-state index contributed by atoms with van der Waals surface area (Å²) in [6.07, 6.45) is 20.8. The number of carbonyl (C=O) groups is 2. The molecule has 0 bridgehead atoms. The first-order chi connectivity index (χ1) is 23.1. The number of nitrogens with zero attached hydrogens (tertiary/aromatic N) is 2. The number of piperidine rings is 2. The van der Waals surface area contributed by atoms with Crippen LogP contribution in [0.15, 0.2) is 48.5 Å². The number of carbonyl (C=O) groups excluding carboxylic acids is 2. The first-order valence-corrected chi connectivity index (χ1v) is 17.8. The van der Waals surface area contributed by atoms with Crippen LogP contribution in [-0.4, -0.2) is 70.8 Å². The molecule has 9 heteroatoms. The number of hydrogen-bond acceptors (Lipinski definition) is 6. The molecule has 262 valence electrons. The van der Waals surface area contributed by atoms with E-state index in [2.05, 4.69) is 9.80 Å². The van der Waals surface area contributed by atoms with Crippen LogP contribution in [0.4, 0.5) is 0 Å². The van der Waals surface area contributed by atoms with E-state index in [9.17, 15) is 19.8 Å². The number of halogens is 2. The van der Waals surface area contributed by atoms with Crippen LogP contribution in [0.5, 0.6) is 0 Å². The van der Waals surface area contributed by atoms with Crippen LogP contribution >= 0.6 is 23.2 Å². The quantitative estimate of drug-likeness (QED) is 0.234. The molecule has 4 aliphatic rings. The predicted molar refractivity (Wildman–Crippen MR) is 191 cm³/mol. The average molecular weight is 746 g/mol. The van der Waals surface area contributed by atoms with Gasteiger partial charge in [-0.3, -0.25) is 9.59 Å². The van der Waals surface area contributed by atoms with Crippen LogP contribution in [0.2, 0.25) is 10.0 Å². The van der Waals surface area contributed by atoms with Gasteiger partial charge < -0.3 is 20.0 Å². The smallest absolute Gasteiger partial charge is 0.140 e. The Labute approximate surface area is 314 Å². The maximum Gasteiger partial charge on any atom is 0.140 e. The summed E-state index contributed by atoms with van der Waals surface area (Å²) in [5, 5.41) is 23.1. The van der Waals surface area contributed by atoms with E-state index in [1.807, 2.05) is 99.9 Å². The van der Waals surface area contributed by atoms with Gasteiger partial charge >= 0.3 is 0 Å². The maximum absolute atomic E-state index is 12.0. The van der Waals surface area contributed by atoms with E-state index < -0.39 is 11.2 Å². The topological polar surface area (TPSA) is 81.1 Å². The Morgan fingerprint density at radius 3 is 1.18 bits per heavy atom. The van der Waals surface area contributed by atoms with Crippen molar-refractivity contribution in [2.24, 2.45) is 0 Å². The number of likely N-dealkylation sites (tertiary alicyclic amines) is 2. The Morgan fingerprint density at radius 2 is 0.878 bits per heavy atom. The average Bonchev–Trinajstić information content (AvgIpc) is 3.84. The monoisotopic (exact) mass is 744 g/mol. The van der Waals surface area contributed by atoms with Crippen molar-refractivity contribution in [3.8, 4) is 0 Å². The summed E-state index contributed by atoms with van der Waals surface area (Å²) in [6, 6.07) is 15.0. The molecule has 0 spiro atoms. The molecule has 0 amide bonds. The molecule has 10 radical (unpaired) electrons. The van der Waals surface area contributed by atoms with Crippen LogP contribution < -0.4 is 0 Å². The van der Waals surface area contributed by atoms with Gasteiger partial charge in [0.1, 0.15) is 11.6 Å². The molecule has 4 fully saturated rings. The van der Waals surface area contributed by atoms with Crippen LogP contribution in [0, 0.1) is 63.2 Å². The molecule has 2 aliphatic carbocycles. The summed E-state index contributed by atoms with van der Waals surface area (Å²) in [5.74, 6) is 2.06. The number of rotatable bonds is 12. The molecule has 6 nitrogen and oxygen atoms in total. The molecule has 49 heavy (non-hydrogen) atoms. The number of hydrogen-bond donors (Lipinski definition) is 2. The Bertz CT molecular complexity index is 1200.